The maximum absolute atomic E-state index is 13.1. The lowest BCUT2D eigenvalue weighted by Crippen LogP contribution is -2.39. The van der Waals surface area contributed by atoms with Gasteiger partial charge in [0.05, 0.1) is 0 Å². The van der Waals surface area contributed by atoms with Crippen molar-refractivity contribution in [3.63, 3.8) is 0 Å². The number of nitrogens with one attached hydrogen (secondary N) is 1. The second-order valence-electron chi connectivity index (χ2n) is 5.15. The molecule has 0 spiro atoms. The van der Waals surface area contributed by atoms with E-state index in [1.807, 2.05) is 6.07 Å². The first kappa shape index (κ1) is 14.0. The van der Waals surface area contributed by atoms with E-state index in [0.717, 1.165) is 17.4 Å². The molecular formula is C15H21BrFN. The molecule has 2 rings (SSSR count). The number of hydrogen-bond acceptors (Lipinski definition) is 1. The Morgan fingerprint density at radius 3 is 2.83 bits per heavy atom. The van der Waals surface area contributed by atoms with E-state index < -0.39 is 0 Å². The molecule has 1 fully saturated rings. The highest BCUT2D eigenvalue weighted by Gasteiger charge is 2.24. The minimum absolute atomic E-state index is 0.169. The first-order valence-corrected chi connectivity index (χ1v) is 7.67. The summed E-state index contributed by atoms with van der Waals surface area (Å²) in [5.41, 5.74) is 1.23. The molecule has 0 bridgehead atoms. The largest absolute Gasteiger partial charge is 0.314 e. The predicted octanol–water partition coefficient (Wildman–Crippen LogP) is 4.30. The highest BCUT2D eigenvalue weighted by Crippen LogP contribution is 2.30. The Morgan fingerprint density at radius 1 is 1.33 bits per heavy atom. The summed E-state index contributed by atoms with van der Waals surface area (Å²) in [6.07, 6.45) is 6.25. The van der Waals surface area contributed by atoms with Crippen LogP contribution in [0.25, 0.3) is 0 Å². The molecular weight excluding hydrogens is 293 g/mol. The first-order valence-electron chi connectivity index (χ1n) is 6.88. The van der Waals surface area contributed by atoms with Gasteiger partial charge in [-0.3, -0.25) is 0 Å². The van der Waals surface area contributed by atoms with Gasteiger partial charge >= 0.3 is 0 Å². The van der Waals surface area contributed by atoms with Crippen molar-refractivity contribution < 1.29 is 4.39 Å². The molecule has 0 amide bonds. The summed E-state index contributed by atoms with van der Waals surface area (Å²) < 4.78 is 14.0. The van der Waals surface area contributed by atoms with Gasteiger partial charge in [0.1, 0.15) is 5.82 Å². The van der Waals surface area contributed by atoms with Gasteiger partial charge in [-0.05, 0) is 49.4 Å². The van der Waals surface area contributed by atoms with Crippen LogP contribution in [0.1, 0.15) is 38.2 Å². The van der Waals surface area contributed by atoms with Crippen molar-refractivity contribution in [3.8, 4) is 0 Å². The van der Waals surface area contributed by atoms with Gasteiger partial charge in [0.25, 0.3) is 0 Å². The van der Waals surface area contributed by atoms with Crippen LogP contribution in [0.5, 0.6) is 0 Å². The summed E-state index contributed by atoms with van der Waals surface area (Å²) in [5, 5.41) is 3.60. The van der Waals surface area contributed by atoms with Gasteiger partial charge in [-0.1, -0.05) is 41.8 Å². The van der Waals surface area contributed by atoms with Crippen LogP contribution < -0.4 is 5.32 Å². The summed E-state index contributed by atoms with van der Waals surface area (Å²) in [7, 11) is 0. The van der Waals surface area contributed by atoms with Crippen molar-refractivity contribution in [2.24, 2.45) is 5.92 Å². The van der Waals surface area contributed by atoms with Crippen LogP contribution in [0.3, 0.4) is 0 Å². The molecule has 0 aromatic heterocycles. The van der Waals surface area contributed by atoms with Gasteiger partial charge in [-0.2, -0.15) is 0 Å². The monoisotopic (exact) mass is 313 g/mol. The van der Waals surface area contributed by atoms with Crippen molar-refractivity contribution in [1.29, 1.82) is 0 Å². The highest BCUT2D eigenvalue weighted by atomic mass is 79.9. The minimum atomic E-state index is -0.169. The van der Waals surface area contributed by atoms with E-state index in [9.17, 15) is 4.39 Å². The van der Waals surface area contributed by atoms with Crippen LogP contribution in [0.4, 0.5) is 4.39 Å². The van der Waals surface area contributed by atoms with E-state index in [2.05, 4.69) is 28.2 Å². The van der Waals surface area contributed by atoms with Crippen LogP contribution >= 0.6 is 15.9 Å². The Morgan fingerprint density at radius 2 is 2.11 bits per heavy atom. The third kappa shape index (κ3) is 3.55. The van der Waals surface area contributed by atoms with E-state index in [4.69, 9.17) is 0 Å². The van der Waals surface area contributed by atoms with E-state index in [1.54, 1.807) is 12.1 Å². The lowest BCUT2D eigenvalue weighted by molar-refractivity contribution is 0.264. The zero-order valence-electron chi connectivity index (χ0n) is 10.9. The van der Waals surface area contributed by atoms with Crippen LogP contribution in [0.2, 0.25) is 0 Å². The third-order valence-corrected chi connectivity index (χ3v) is 4.61. The fourth-order valence-corrected chi connectivity index (χ4v) is 3.47. The Bertz CT molecular complexity index is 392. The topological polar surface area (TPSA) is 12.0 Å². The van der Waals surface area contributed by atoms with Gasteiger partial charge < -0.3 is 5.32 Å². The average molecular weight is 314 g/mol. The fraction of sp³-hybridized carbons (Fsp3) is 0.600. The van der Waals surface area contributed by atoms with Gasteiger partial charge in [0.15, 0.2) is 0 Å². The van der Waals surface area contributed by atoms with Crippen molar-refractivity contribution in [1.82, 2.24) is 5.32 Å². The van der Waals surface area contributed by atoms with E-state index in [-0.39, 0.29) is 5.82 Å². The molecule has 100 valence electrons. The lowest BCUT2D eigenvalue weighted by atomic mass is 9.80. The molecule has 18 heavy (non-hydrogen) atoms. The lowest BCUT2D eigenvalue weighted by Gasteiger charge is -2.32. The van der Waals surface area contributed by atoms with E-state index in [0.29, 0.717) is 12.0 Å². The van der Waals surface area contributed by atoms with E-state index in [1.165, 1.54) is 31.2 Å². The Labute approximate surface area is 117 Å². The molecule has 1 aromatic rings. The molecule has 1 nitrogen and oxygen atoms in total. The van der Waals surface area contributed by atoms with Crippen molar-refractivity contribution in [3.05, 3.63) is 34.1 Å². The van der Waals surface area contributed by atoms with Gasteiger partial charge in [-0.15, -0.1) is 0 Å². The maximum atomic E-state index is 13.1. The number of hydrogen-bond donors (Lipinski definition) is 1. The second kappa shape index (κ2) is 6.67. The molecule has 0 radical (unpaired) electrons. The van der Waals surface area contributed by atoms with Gasteiger partial charge in [0, 0.05) is 10.5 Å². The van der Waals surface area contributed by atoms with Crippen LogP contribution in [0, 0.1) is 11.7 Å². The normalized spacial score (nSPS) is 24.2. The Balaban J connectivity index is 2.06. The molecule has 0 aliphatic heterocycles. The molecule has 1 aliphatic carbocycles. The summed E-state index contributed by atoms with van der Waals surface area (Å²) in [5.74, 6) is 0.512. The van der Waals surface area contributed by atoms with Crippen LogP contribution in [0.15, 0.2) is 22.7 Å². The molecule has 0 saturated heterocycles. The molecule has 1 N–H and O–H groups in total. The van der Waals surface area contributed by atoms with E-state index >= 15 is 0 Å². The standard InChI is InChI=1S/C15H21BrFN/c1-2-18-15-6-4-3-5-12(15)9-11-7-8-13(17)10-14(11)16/h7-8,10,12,15,18H,2-6,9H2,1H3. The van der Waals surface area contributed by atoms with Crippen molar-refractivity contribution in [2.75, 3.05) is 6.54 Å². The highest BCUT2D eigenvalue weighted by molar-refractivity contribution is 9.10. The molecule has 3 heteroatoms. The number of rotatable bonds is 4. The quantitative estimate of drug-likeness (QED) is 0.874. The summed E-state index contributed by atoms with van der Waals surface area (Å²) in [4.78, 5) is 0. The van der Waals surface area contributed by atoms with Gasteiger partial charge in [0.2, 0.25) is 0 Å². The number of benzene rings is 1. The molecule has 1 aromatic carbocycles. The first-order chi connectivity index (χ1) is 8.70. The summed E-state index contributed by atoms with van der Waals surface area (Å²) >= 11 is 3.47. The zero-order valence-corrected chi connectivity index (χ0v) is 12.5. The Kier molecular flexibility index (Phi) is 5.19. The average Bonchev–Trinajstić information content (AvgIpc) is 2.35. The number of halogens is 2. The molecule has 1 saturated carbocycles. The summed E-state index contributed by atoms with van der Waals surface area (Å²) in [6.45, 7) is 3.20. The summed E-state index contributed by atoms with van der Waals surface area (Å²) in [6, 6.07) is 5.67. The third-order valence-electron chi connectivity index (χ3n) is 3.87. The van der Waals surface area contributed by atoms with Crippen LogP contribution in [-0.4, -0.2) is 12.6 Å². The molecule has 1 aliphatic rings. The molecule has 2 atom stereocenters. The van der Waals surface area contributed by atoms with Crippen molar-refractivity contribution in [2.45, 2.75) is 45.1 Å². The fourth-order valence-electron chi connectivity index (χ4n) is 2.95. The van der Waals surface area contributed by atoms with Crippen LogP contribution in [-0.2, 0) is 6.42 Å². The molecule has 0 heterocycles. The zero-order chi connectivity index (χ0) is 13.0. The Hall–Kier alpha value is -0.410. The predicted molar refractivity (Wildman–Crippen MR) is 77.2 cm³/mol. The minimum Gasteiger partial charge on any atom is -0.314 e. The second-order valence-corrected chi connectivity index (χ2v) is 6.00. The molecule has 2 unspecified atom stereocenters. The SMILES string of the molecule is CCNC1CCCCC1Cc1ccc(F)cc1Br. The van der Waals surface area contributed by atoms with Gasteiger partial charge in [-0.25, -0.2) is 4.39 Å². The van der Waals surface area contributed by atoms with Crippen molar-refractivity contribution >= 4 is 15.9 Å². The smallest absolute Gasteiger partial charge is 0.124 e. The maximum Gasteiger partial charge on any atom is 0.124 e.